The minimum Gasteiger partial charge on any atom is -0.333 e. The Labute approximate surface area is 115 Å². The van der Waals surface area contributed by atoms with Crippen LogP contribution in [0.5, 0.6) is 0 Å². The van der Waals surface area contributed by atoms with Crippen molar-refractivity contribution in [1.29, 1.82) is 0 Å². The van der Waals surface area contributed by atoms with Gasteiger partial charge in [-0.15, -0.1) is 0 Å². The van der Waals surface area contributed by atoms with E-state index in [0.717, 1.165) is 19.5 Å². The van der Waals surface area contributed by atoms with E-state index in [-0.39, 0.29) is 6.04 Å². The third-order valence-corrected chi connectivity index (χ3v) is 3.86. The third kappa shape index (κ3) is 4.30. The van der Waals surface area contributed by atoms with Gasteiger partial charge in [-0.25, -0.2) is 4.98 Å². The maximum atomic E-state index is 5.95. The molecule has 1 atom stereocenters. The molecule has 0 aliphatic carbocycles. The molecule has 0 bridgehead atoms. The molecular formula is C13H26N4S. The Hall–Kier alpha value is -0.520. The Morgan fingerprint density at radius 2 is 2.33 bits per heavy atom. The van der Waals surface area contributed by atoms with Crippen molar-refractivity contribution in [2.45, 2.75) is 32.4 Å². The summed E-state index contributed by atoms with van der Waals surface area (Å²) in [6, 6.07) is 0.279. The second-order valence-electron chi connectivity index (χ2n) is 4.59. The number of hydrogen-bond acceptors (Lipinski definition) is 4. The highest BCUT2D eigenvalue weighted by Crippen LogP contribution is 2.18. The van der Waals surface area contributed by atoms with Crippen molar-refractivity contribution < 1.29 is 0 Å². The molecule has 0 fully saturated rings. The molecule has 0 amide bonds. The van der Waals surface area contributed by atoms with E-state index < -0.39 is 0 Å². The predicted octanol–water partition coefficient (Wildman–Crippen LogP) is 1.98. The van der Waals surface area contributed by atoms with Crippen LogP contribution in [0.4, 0.5) is 0 Å². The summed E-state index contributed by atoms with van der Waals surface area (Å²) in [4.78, 5) is 6.61. The average Bonchev–Trinajstić information content (AvgIpc) is 2.79. The van der Waals surface area contributed by atoms with Gasteiger partial charge in [0.1, 0.15) is 0 Å². The van der Waals surface area contributed by atoms with Crippen molar-refractivity contribution in [3.8, 4) is 0 Å². The van der Waals surface area contributed by atoms with Gasteiger partial charge in [0.05, 0.1) is 18.1 Å². The first-order valence-electron chi connectivity index (χ1n) is 6.63. The molecule has 1 aromatic rings. The fourth-order valence-electron chi connectivity index (χ4n) is 2.18. The molecule has 5 heteroatoms. The van der Waals surface area contributed by atoms with Crippen LogP contribution in [0.3, 0.4) is 0 Å². The molecule has 1 heterocycles. The van der Waals surface area contributed by atoms with Gasteiger partial charge in [0.15, 0.2) is 0 Å². The van der Waals surface area contributed by atoms with Gasteiger partial charge in [0.25, 0.3) is 0 Å². The largest absolute Gasteiger partial charge is 0.333 e. The van der Waals surface area contributed by atoms with E-state index in [2.05, 4.69) is 34.7 Å². The van der Waals surface area contributed by atoms with Gasteiger partial charge in [0, 0.05) is 19.3 Å². The van der Waals surface area contributed by atoms with Crippen molar-refractivity contribution in [3.05, 3.63) is 18.2 Å². The summed E-state index contributed by atoms with van der Waals surface area (Å²) in [6.07, 6.45) is 8.35. The fourth-order valence-corrected chi connectivity index (χ4v) is 2.59. The van der Waals surface area contributed by atoms with Crippen LogP contribution in [-0.4, -0.2) is 46.6 Å². The van der Waals surface area contributed by atoms with Gasteiger partial charge < -0.3 is 10.3 Å². The number of nitrogens with two attached hydrogens (primary N) is 1. The lowest BCUT2D eigenvalue weighted by Gasteiger charge is -2.27. The van der Waals surface area contributed by atoms with Crippen LogP contribution in [0, 0.1) is 0 Å². The molecule has 0 saturated heterocycles. The maximum Gasteiger partial charge on any atom is 0.0948 e. The molecule has 0 aliphatic rings. The van der Waals surface area contributed by atoms with Crippen LogP contribution in [-0.2, 0) is 6.54 Å². The topological polar surface area (TPSA) is 47.1 Å². The number of likely N-dealkylation sites (N-methyl/N-ethyl adjacent to an activating group) is 1. The fraction of sp³-hybridized carbons (Fsp3) is 0.769. The SMILES string of the molecule is CCCn1cncc1C(CN)N(C)CCCSC. The first-order valence-corrected chi connectivity index (χ1v) is 8.03. The monoisotopic (exact) mass is 270 g/mol. The highest BCUT2D eigenvalue weighted by atomic mass is 32.2. The van der Waals surface area contributed by atoms with Gasteiger partial charge in [-0.3, -0.25) is 4.90 Å². The number of thioether (sulfide) groups is 1. The van der Waals surface area contributed by atoms with E-state index in [4.69, 9.17) is 5.73 Å². The van der Waals surface area contributed by atoms with Crippen LogP contribution >= 0.6 is 11.8 Å². The van der Waals surface area contributed by atoms with Gasteiger partial charge in [-0.05, 0) is 38.4 Å². The van der Waals surface area contributed by atoms with Crippen LogP contribution in [0.25, 0.3) is 0 Å². The van der Waals surface area contributed by atoms with E-state index >= 15 is 0 Å². The number of rotatable bonds is 9. The summed E-state index contributed by atoms with van der Waals surface area (Å²) >= 11 is 1.90. The average molecular weight is 270 g/mol. The number of nitrogens with zero attached hydrogens (tertiary/aromatic N) is 3. The van der Waals surface area contributed by atoms with E-state index in [1.54, 1.807) is 0 Å². The molecule has 4 nitrogen and oxygen atoms in total. The maximum absolute atomic E-state index is 5.95. The Morgan fingerprint density at radius 1 is 1.56 bits per heavy atom. The molecule has 1 unspecified atom stereocenters. The molecule has 18 heavy (non-hydrogen) atoms. The van der Waals surface area contributed by atoms with Crippen molar-refractivity contribution in [2.75, 3.05) is 32.1 Å². The first-order chi connectivity index (χ1) is 8.74. The summed E-state index contributed by atoms with van der Waals surface area (Å²) in [5.41, 5.74) is 7.19. The van der Waals surface area contributed by atoms with Crippen LogP contribution in [0.15, 0.2) is 12.5 Å². The number of aromatic nitrogens is 2. The molecule has 1 aromatic heterocycles. The number of aryl methyl sites for hydroxylation is 1. The second-order valence-corrected chi connectivity index (χ2v) is 5.58. The van der Waals surface area contributed by atoms with E-state index in [1.165, 1.54) is 17.9 Å². The summed E-state index contributed by atoms with van der Waals surface area (Å²) in [6.45, 7) is 4.93. The van der Waals surface area contributed by atoms with Crippen molar-refractivity contribution in [1.82, 2.24) is 14.5 Å². The lowest BCUT2D eigenvalue weighted by Crippen LogP contribution is -2.33. The smallest absolute Gasteiger partial charge is 0.0948 e. The van der Waals surface area contributed by atoms with Crippen molar-refractivity contribution >= 4 is 11.8 Å². The normalized spacial score (nSPS) is 13.2. The van der Waals surface area contributed by atoms with Crippen molar-refractivity contribution in [2.24, 2.45) is 5.73 Å². The zero-order chi connectivity index (χ0) is 13.4. The molecule has 1 rings (SSSR count). The van der Waals surface area contributed by atoms with E-state index in [1.807, 2.05) is 24.3 Å². The standard InChI is InChI=1S/C13H26N4S/c1-4-6-17-11-15-10-13(17)12(9-14)16(2)7-5-8-18-3/h10-12H,4-9,14H2,1-3H3. The van der Waals surface area contributed by atoms with Crippen LogP contribution in [0.2, 0.25) is 0 Å². The molecule has 0 aromatic carbocycles. The number of imidazole rings is 1. The Balaban J connectivity index is 2.65. The molecule has 0 radical (unpaired) electrons. The summed E-state index contributed by atoms with van der Waals surface area (Å²) in [5.74, 6) is 1.20. The lowest BCUT2D eigenvalue weighted by atomic mass is 10.2. The van der Waals surface area contributed by atoms with E-state index in [0.29, 0.717) is 6.54 Å². The molecule has 2 N–H and O–H groups in total. The summed E-state index contributed by atoms with van der Waals surface area (Å²) < 4.78 is 2.22. The number of hydrogen-bond donors (Lipinski definition) is 1. The predicted molar refractivity (Wildman–Crippen MR) is 79.9 cm³/mol. The summed E-state index contributed by atoms with van der Waals surface area (Å²) in [5, 5.41) is 0. The van der Waals surface area contributed by atoms with Crippen molar-refractivity contribution in [3.63, 3.8) is 0 Å². The Kier molecular flexibility index (Phi) is 7.39. The zero-order valence-electron chi connectivity index (χ0n) is 11.8. The van der Waals surface area contributed by atoms with Gasteiger partial charge in [-0.2, -0.15) is 11.8 Å². The zero-order valence-corrected chi connectivity index (χ0v) is 12.6. The minimum absolute atomic E-state index is 0.279. The Morgan fingerprint density at radius 3 is 2.94 bits per heavy atom. The Bertz CT molecular complexity index is 327. The highest BCUT2D eigenvalue weighted by Gasteiger charge is 2.18. The van der Waals surface area contributed by atoms with Crippen LogP contribution in [0.1, 0.15) is 31.5 Å². The second kappa shape index (κ2) is 8.56. The third-order valence-electron chi connectivity index (χ3n) is 3.17. The summed E-state index contributed by atoms with van der Waals surface area (Å²) in [7, 11) is 2.15. The van der Waals surface area contributed by atoms with Crippen LogP contribution < -0.4 is 5.73 Å². The van der Waals surface area contributed by atoms with Gasteiger partial charge in [0.2, 0.25) is 0 Å². The molecular weight excluding hydrogens is 244 g/mol. The minimum atomic E-state index is 0.279. The van der Waals surface area contributed by atoms with Gasteiger partial charge in [-0.1, -0.05) is 6.92 Å². The first kappa shape index (κ1) is 15.5. The molecule has 0 saturated carbocycles. The molecule has 0 aliphatic heterocycles. The van der Waals surface area contributed by atoms with E-state index in [9.17, 15) is 0 Å². The molecule has 104 valence electrons. The lowest BCUT2D eigenvalue weighted by molar-refractivity contribution is 0.241. The quantitative estimate of drug-likeness (QED) is 0.697. The highest BCUT2D eigenvalue weighted by molar-refractivity contribution is 7.98. The molecule has 0 spiro atoms. The van der Waals surface area contributed by atoms with Gasteiger partial charge >= 0.3 is 0 Å².